The molecule has 0 aliphatic carbocycles. The molecule has 0 radical (unpaired) electrons. The molecule has 0 saturated heterocycles. The Kier molecular flexibility index (Phi) is 4.22. The first-order valence-corrected chi connectivity index (χ1v) is 9.72. The fourth-order valence-electron chi connectivity index (χ4n) is 3.77. The summed E-state index contributed by atoms with van der Waals surface area (Å²) in [5, 5.41) is 7.53. The highest BCUT2D eigenvalue weighted by Crippen LogP contribution is 2.38. The summed E-state index contributed by atoms with van der Waals surface area (Å²) in [4.78, 5) is 4.95. The number of rotatable bonds is 3. The van der Waals surface area contributed by atoms with Crippen LogP contribution in [0.5, 0.6) is 5.75 Å². The summed E-state index contributed by atoms with van der Waals surface area (Å²) in [5.41, 5.74) is 5.76. The van der Waals surface area contributed by atoms with Crippen LogP contribution in [0.25, 0.3) is 38.8 Å². The van der Waals surface area contributed by atoms with Crippen LogP contribution in [0.15, 0.2) is 72.8 Å². The first-order chi connectivity index (χ1) is 14.2. The summed E-state index contributed by atoms with van der Waals surface area (Å²) < 4.78 is 7.24. The van der Waals surface area contributed by atoms with Crippen molar-refractivity contribution in [2.24, 2.45) is 0 Å². The van der Waals surface area contributed by atoms with E-state index in [-0.39, 0.29) is 0 Å². The van der Waals surface area contributed by atoms with E-state index < -0.39 is 0 Å². The molecule has 0 spiro atoms. The predicted molar refractivity (Wildman–Crippen MR) is 118 cm³/mol. The molecule has 2 heterocycles. The molecule has 3 aromatic carbocycles. The smallest absolute Gasteiger partial charge is 0.164 e. The number of aryl methyl sites for hydroxylation is 1. The third kappa shape index (κ3) is 2.93. The van der Waals surface area contributed by atoms with Gasteiger partial charge in [-0.15, -0.1) is 0 Å². The van der Waals surface area contributed by atoms with E-state index in [1.165, 1.54) is 0 Å². The molecule has 4 nitrogen and oxygen atoms in total. The van der Waals surface area contributed by atoms with Gasteiger partial charge in [-0.3, -0.25) is 0 Å². The van der Waals surface area contributed by atoms with Crippen molar-refractivity contribution in [3.8, 4) is 22.6 Å². The number of fused-ring (bicyclic) bond motifs is 2. The highest BCUT2D eigenvalue weighted by atomic mass is 35.5. The van der Waals surface area contributed by atoms with Gasteiger partial charge in [0.1, 0.15) is 5.75 Å². The summed E-state index contributed by atoms with van der Waals surface area (Å²) in [5.74, 6) is 0.818. The molecular formula is C24H18ClN3O. The van der Waals surface area contributed by atoms with Gasteiger partial charge in [0.05, 0.1) is 29.4 Å². The Morgan fingerprint density at radius 2 is 1.69 bits per heavy atom. The molecular weight excluding hydrogens is 382 g/mol. The van der Waals surface area contributed by atoms with Gasteiger partial charge in [0, 0.05) is 16.0 Å². The van der Waals surface area contributed by atoms with E-state index >= 15 is 0 Å². The van der Waals surface area contributed by atoms with Crippen molar-refractivity contribution in [1.82, 2.24) is 14.8 Å². The van der Waals surface area contributed by atoms with Crippen molar-refractivity contribution in [2.45, 2.75) is 6.92 Å². The molecule has 5 aromatic rings. The standard InChI is InChI=1S/C24H18ClN3O/c1-15-22-23(16-8-11-19(29-2)12-9-16)20-14-17(25)10-13-21(20)26-24(22)28(27-15)18-6-4-3-5-7-18/h3-14H,1-2H3. The third-order valence-electron chi connectivity index (χ3n) is 5.12. The lowest BCUT2D eigenvalue weighted by Gasteiger charge is -2.11. The number of aromatic nitrogens is 3. The van der Waals surface area contributed by atoms with E-state index in [0.29, 0.717) is 5.02 Å². The van der Waals surface area contributed by atoms with Crippen LogP contribution in [0.2, 0.25) is 5.02 Å². The quantitative estimate of drug-likeness (QED) is 0.362. The van der Waals surface area contributed by atoms with Crippen LogP contribution in [-0.4, -0.2) is 21.9 Å². The predicted octanol–water partition coefficient (Wildman–Crippen LogP) is 6.21. The van der Waals surface area contributed by atoms with Crippen LogP contribution in [0, 0.1) is 6.92 Å². The Balaban J connectivity index is 1.91. The van der Waals surface area contributed by atoms with Gasteiger partial charge in [-0.2, -0.15) is 5.10 Å². The molecule has 0 fully saturated rings. The largest absolute Gasteiger partial charge is 0.497 e. The number of ether oxygens (including phenoxy) is 1. The zero-order valence-electron chi connectivity index (χ0n) is 16.1. The van der Waals surface area contributed by atoms with Crippen molar-refractivity contribution >= 4 is 33.5 Å². The second-order valence-corrected chi connectivity index (χ2v) is 7.34. The van der Waals surface area contributed by atoms with Crippen LogP contribution in [-0.2, 0) is 0 Å². The molecule has 29 heavy (non-hydrogen) atoms. The zero-order chi connectivity index (χ0) is 20.0. The number of pyridine rings is 1. The number of methoxy groups -OCH3 is 1. The summed E-state index contributed by atoms with van der Waals surface area (Å²) in [6.45, 7) is 2.02. The second kappa shape index (κ2) is 6.90. The van der Waals surface area contributed by atoms with Crippen molar-refractivity contribution in [3.05, 3.63) is 83.5 Å². The lowest BCUT2D eigenvalue weighted by molar-refractivity contribution is 0.415. The van der Waals surface area contributed by atoms with E-state index in [4.69, 9.17) is 26.4 Å². The minimum absolute atomic E-state index is 0.682. The minimum Gasteiger partial charge on any atom is -0.497 e. The van der Waals surface area contributed by atoms with Gasteiger partial charge < -0.3 is 4.74 Å². The maximum atomic E-state index is 6.35. The summed E-state index contributed by atoms with van der Waals surface area (Å²) in [6, 6.07) is 23.9. The molecule has 0 unspecified atom stereocenters. The molecule has 0 aliphatic heterocycles. The molecule has 5 heteroatoms. The average molecular weight is 400 g/mol. The monoisotopic (exact) mass is 399 g/mol. The third-order valence-corrected chi connectivity index (χ3v) is 5.35. The number of hydrogen-bond donors (Lipinski definition) is 0. The van der Waals surface area contributed by atoms with Gasteiger partial charge in [-0.1, -0.05) is 41.9 Å². The fourth-order valence-corrected chi connectivity index (χ4v) is 3.94. The zero-order valence-corrected chi connectivity index (χ0v) is 16.8. The minimum atomic E-state index is 0.682. The van der Waals surface area contributed by atoms with Crippen LogP contribution in [0.3, 0.4) is 0 Å². The van der Waals surface area contributed by atoms with Crippen molar-refractivity contribution in [1.29, 1.82) is 0 Å². The van der Waals surface area contributed by atoms with Crippen LogP contribution < -0.4 is 4.74 Å². The Bertz CT molecular complexity index is 1340. The van der Waals surface area contributed by atoms with Crippen molar-refractivity contribution < 1.29 is 4.74 Å². The number of hydrogen-bond acceptors (Lipinski definition) is 3. The lowest BCUT2D eigenvalue weighted by atomic mass is 9.97. The van der Waals surface area contributed by atoms with Crippen LogP contribution in [0.1, 0.15) is 5.69 Å². The molecule has 0 bridgehead atoms. The topological polar surface area (TPSA) is 39.9 Å². The van der Waals surface area contributed by atoms with Gasteiger partial charge in [-0.25, -0.2) is 9.67 Å². The summed E-state index contributed by atoms with van der Waals surface area (Å²) in [6.07, 6.45) is 0. The average Bonchev–Trinajstić information content (AvgIpc) is 3.09. The first kappa shape index (κ1) is 17.7. The van der Waals surface area contributed by atoms with E-state index in [1.54, 1.807) is 7.11 Å². The number of nitrogens with zero attached hydrogens (tertiary/aromatic N) is 3. The van der Waals surface area contributed by atoms with Gasteiger partial charge in [-0.05, 0) is 55.0 Å². The maximum absolute atomic E-state index is 6.35. The highest BCUT2D eigenvalue weighted by Gasteiger charge is 2.19. The molecule has 0 amide bonds. The molecule has 0 saturated carbocycles. The van der Waals surface area contributed by atoms with Crippen LogP contribution >= 0.6 is 11.6 Å². The van der Waals surface area contributed by atoms with Gasteiger partial charge in [0.15, 0.2) is 5.65 Å². The highest BCUT2D eigenvalue weighted by molar-refractivity contribution is 6.31. The lowest BCUT2D eigenvalue weighted by Crippen LogP contribution is -1.98. The first-order valence-electron chi connectivity index (χ1n) is 9.34. The van der Waals surface area contributed by atoms with Gasteiger partial charge in [0.25, 0.3) is 0 Å². The number of para-hydroxylation sites is 1. The van der Waals surface area contributed by atoms with Crippen molar-refractivity contribution in [2.75, 3.05) is 7.11 Å². The molecule has 5 rings (SSSR count). The fraction of sp³-hybridized carbons (Fsp3) is 0.0833. The van der Waals surface area contributed by atoms with Crippen molar-refractivity contribution in [3.63, 3.8) is 0 Å². The number of halogens is 1. The van der Waals surface area contributed by atoms with Gasteiger partial charge in [0.2, 0.25) is 0 Å². The van der Waals surface area contributed by atoms with Crippen LogP contribution in [0.4, 0.5) is 0 Å². The Hall–Kier alpha value is -3.37. The Morgan fingerprint density at radius 1 is 0.931 bits per heavy atom. The molecule has 0 aliphatic rings. The Labute approximate surface area is 173 Å². The Morgan fingerprint density at radius 3 is 2.41 bits per heavy atom. The summed E-state index contributed by atoms with van der Waals surface area (Å²) >= 11 is 6.35. The normalized spacial score (nSPS) is 11.3. The SMILES string of the molecule is COc1ccc(-c2c3cc(Cl)ccc3nc3c2c(C)nn3-c2ccccc2)cc1. The van der Waals surface area contributed by atoms with E-state index in [0.717, 1.165) is 50.2 Å². The molecule has 0 N–H and O–H groups in total. The summed E-state index contributed by atoms with van der Waals surface area (Å²) in [7, 11) is 1.67. The maximum Gasteiger partial charge on any atom is 0.164 e. The molecule has 142 valence electrons. The number of benzene rings is 3. The van der Waals surface area contributed by atoms with E-state index in [2.05, 4.69) is 12.1 Å². The molecule has 0 atom stereocenters. The van der Waals surface area contributed by atoms with E-state index in [1.807, 2.05) is 72.3 Å². The van der Waals surface area contributed by atoms with E-state index in [9.17, 15) is 0 Å². The molecule has 2 aromatic heterocycles. The van der Waals surface area contributed by atoms with Gasteiger partial charge >= 0.3 is 0 Å². The second-order valence-electron chi connectivity index (χ2n) is 6.91.